The molecule has 1 nitrogen and oxygen atoms in total. The zero-order chi connectivity index (χ0) is 10.8. The van der Waals surface area contributed by atoms with Crippen molar-refractivity contribution in [1.29, 1.82) is 0 Å². The van der Waals surface area contributed by atoms with Gasteiger partial charge in [-0.2, -0.15) is 0 Å². The highest BCUT2D eigenvalue weighted by molar-refractivity contribution is 6.36. The van der Waals surface area contributed by atoms with Gasteiger partial charge in [-0.15, -0.1) is 0 Å². The molecule has 1 aromatic carbocycles. The minimum absolute atomic E-state index is 0.210. The van der Waals surface area contributed by atoms with Gasteiger partial charge in [-0.3, -0.25) is 0 Å². The molecule has 0 aliphatic heterocycles. The van der Waals surface area contributed by atoms with Crippen molar-refractivity contribution in [3.8, 4) is 0 Å². The molecule has 1 aromatic rings. The van der Waals surface area contributed by atoms with Crippen LogP contribution in [0.4, 0.5) is 0 Å². The van der Waals surface area contributed by atoms with Crippen molar-refractivity contribution >= 4 is 23.2 Å². The van der Waals surface area contributed by atoms with Crippen LogP contribution in [-0.4, -0.2) is 6.04 Å². The molecule has 1 aliphatic rings. The highest BCUT2D eigenvalue weighted by Gasteiger charge is 2.14. The molecule has 0 saturated heterocycles. The molecule has 1 aliphatic carbocycles. The molecule has 0 aromatic heterocycles. The maximum Gasteiger partial charge on any atom is 0.0456 e. The van der Waals surface area contributed by atoms with Crippen LogP contribution in [0.5, 0.6) is 0 Å². The third-order valence-electron chi connectivity index (χ3n) is 2.71. The van der Waals surface area contributed by atoms with Crippen molar-refractivity contribution in [3.63, 3.8) is 0 Å². The largest absolute Gasteiger partial charge is 0.324 e. The maximum absolute atomic E-state index is 6.10. The quantitative estimate of drug-likeness (QED) is 0.788. The number of halogens is 2. The van der Waals surface area contributed by atoms with Gasteiger partial charge in [0.25, 0.3) is 0 Å². The van der Waals surface area contributed by atoms with Gasteiger partial charge < -0.3 is 5.73 Å². The molecular formula is C12H13Cl2N. The SMILES string of the molecule is NC1C=C(Cc2c(Cl)cccc2Cl)CC1. The Morgan fingerprint density at radius 3 is 2.47 bits per heavy atom. The summed E-state index contributed by atoms with van der Waals surface area (Å²) >= 11 is 12.2. The molecule has 2 rings (SSSR count). The summed E-state index contributed by atoms with van der Waals surface area (Å²) in [5.41, 5.74) is 8.17. The van der Waals surface area contributed by atoms with E-state index in [1.807, 2.05) is 18.2 Å². The van der Waals surface area contributed by atoms with Crippen LogP contribution in [0.3, 0.4) is 0 Å². The van der Waals surface area contributed by atoms with Crippen molar-refractivity contribution in [2.45, 2.75) is 25.3 Å². The lowest BCUT2D eigenvalue weighted by Crippen LogP contribution is -2.11. The molecule has 3 heteroatoms. The summed E-state index contributed by atoms with van der Waals surface area (Å²) in [6.07, 6.45) is 5.05. The van der Waals surface area contributed by atoms with Crippen molar-refractivity contribution in [3.05, 3.63) is 45.5 Å². The molecule has 0 amide bonds. The monoisotopic (exact) mass is 241 g/mol. The van der Waals surface area contributed by atoms with Crippen molar-refractivity contribution in [2.24, 2.45) is 5.73 Å². The van der Waals surface area contributed by atoms with E-state index in [2.05, 4.69) is 6.08 Å². The molecule has 80 valence electrons. The third kappa shape index (κ3) is 2.54. The van der Waals surface area contributed by atoms with Gasteiger partial charge in [-0.05, 0) is 37.0 Å². The summed E-state index contributed by atoms with van der Waals surface area (Å²) in [6.45, 7) is 0. The Bertz CT molecular complexity index is 378. The second-order valence-corrected chi connectivity index (χ2v) is 4.72. The van der Waals surface area contributed by atoms with Gasteiger partial charge in [0.15, 0.2) is 0 Å². The molecule has 1 atom stereocenters. The Labute approximate surface area is 99.9 Å². The number of hydrogen-bond donors (Lipinski definition) is 1. The first-order valence-electron chi connectivity index (χ1n) is 5.05. The Kier molecular flexibility index (Phi) is 3.35. The van der Waals surface area contributed by atoms with Gasteiger partial charge in [0.1, 0.15) is 0 Å². The van der Waals surface area contributed by atoms with E-state index < -0.39 is 0 Å². The lowest BCUT2D eigenvalue weighted by atomic mass is 10.0. The first kappa shape index (κ1) is 11.0. The highest BCUT2D eigenvalue weighted by atomic mass is 35.5. The van der Waals surface area contributed by atoms with Crippen LogP contribution in [0.25, 0.3) is 0 Å². The molecular weight excluding hydrogens is 229 g/mol. The van der Waals surface area contributed by atoms with Crippen LogP contribution in [-0.2, 0) is 6.42 Å². The van der Waals surface area contributed by atoms with Crippen molar-refractivity contribution in [2.75, 3.05) is 0 Å². The average molecular weight is 242 g/mol. The topological polar surface area (TPSA) is 26.0 Å². The summed E-state index contributed by atoms with van der Waals surface area (Å²) in [6, 6.07) is 5.82. The van der Waals surface area contributed by atoms with Crippen LogP contribution in [0.2, 0.25) is 10.0 Å². The first-order valence-corrected chi connectivity index (χ1v) is 5.80. The van der Waals surface area contributed by atoms with Crippen LogP contribution in [0, 0.1) is 0 Å². The van der Waals surface area contributed by atoms with Gasteiger partial charge in [0.05, 0.1) is 0 Å². The first-order chi connectivity index (χ1) is 7.16. The van der Waals surface area contributed by atoms with Crippen molar-refractivity contribution < 1.29 is 0 Å². The summed E-state index contributed by atoms with van der Waals surface area (Å²) in [4.78, 5) is 0. The number of rotatable bonds is 2. The Balaban J connectivity index is 2.21. The molecule has 0 radical (unpaired) electrons. The van der Waals surface area contributed by atoms with Gasteiger partial charge in [0.2, 0.25) is 0 Å². The molecule has 1 unspecified atom stereocenters. The van der Waals surface area contributed by atoms with Crippen LogP contribution < -0.4 is 5.73 Å². The lowest BCUT2D eigenvalue weighted by Gasteiger charge is -2.07. The summed E-state index contributed by atoms with van der Waals surface area (Å²) < 4.78 is 0. The van der Waals surface area contributed by atoms with E-state index in [1.54, 1.807) is 0 Å². The zero-order valence-corrected chi connectivity index (χ0v) is 9.85. The number of allylic oxidation sites excluding steroid dienone is 1. The molecule has 2 N–H and O–H groups in total. The fraction of sp³-hybridized carbons (Fsp3) is 0.333. The molecule has 0 fully saturated rings. The second-order valence-electron chi connectivity index (χ2n) is 3.90. The van der Waals surface area contributed by atoms with Crippen LogP contribution >= 0.6 is 23.2 Å². The van der Waals surface area contributed by atoms with Gasteiger partial charge in [-0.25, -0.2) is 0 Å². The van der Waals surface area contributed by atoms with E-state index in [9.17, 15) is 0 Å². The smallest absolute Gasteiger partial charge is 0.0456 e. The van der Waals surface area contributed by atoms with E-state index >= 15 is 0 Å². The number of nitrogens with two attached hydrogens (primary N) is 1. The lowest BCUT2D eigenvalue weighted by molar-refractivity contribution is 0.770. The minimum Gasteiger partial charge on any atom is -0.324 e. The Morgan fingerprint density at radius 1 is 1.27 bits per heavy atom. The van der Waals surface area contributed by atoms with E-state index in [1.165, 1.54) is 5.57 Å². The second kappa shape index (κ2) is 4.56. The molecule has 15 heavy (non-hydrogen) atoms. The van der Waals surface area contributed by atoms with E-state index in [-0.39, 0.29) is 6.04 Å². The predicted octanol–water partition coefficient (Wildman–Crippen LogP) is 3.58. The van der Waals surface area contributed by atoms with Gasteiger partial charge in [-0.1, -0.05) is 40.9 Å². The molecule has 0 heterocycles. The summed E-state index contributed by atoms with van der Waals surface area (Å²) in [5.74, 6) is 0. The standard InChI is InChI=1S/C12H13Cl2N/c13-11-2-1-3-12(14)10(11)7-8-4-5-9(15)6-8/h1-3,6,9H,4-5,7,15H2. The molecule has 0 bridgehead atoms. The van der Waals surface area contributed by atoms with Crippen LogP contribution in [0.1, 0.15) is 18.4 Å². The van der Waals surface area contributed by atoms with E-state index in [4.69, 9.17) is 28.9 Å². The fourth-order valence-electron chi connectivity index (χ4n) is 1.90. The van der Waals surface area contributed by atoms with Crippen molar-refractivity contribution in [1.82, 2.24) is 0 Å². The minimum atomic E-state index is 0.210. The predicted molar refractivity (Wildman–Crippen MR) is 65.5 cm³/mol. The number of hydrogen-bond acceptors (Lipinski definition) is 1. The molecule has 0 spiro atoms. The van der Waals surface area contributed by atoms with E-state index in [0.717, 1.165) is 34.9 Å². The zero-order valence-electron chi connectivity index (χ0n) is 8.34. The highest BCUT2D eigenvalue weighted by Crippen LogP contribution is 2.29. The van der Waals surface area contributed by atoms with Gasteiger partial charge >= 0.3 is 0 Å². The van der Waals surface area contributed by atoms with E-state index in [0.29, 0.717) is 0 Å². The Morgan fingerprint density at radius 2 is 1.93 bits per heavy atom. The summed E-state index contributed by atoms with van der Waals surface area (Å²) in [7, 11) is 0. The summed E-state index contributed by atoms with van der Waals surface area (Å²) in [5, 5.41) is 1.48. The molecule has 0 saturated carbocycles. The third-order valence-corrected chi connectivity index (χ3v) is 3.42. The average Bonchev–Trinajstić information content (AvgIpc) is 2.58. The Hall–Kier alpha value is -0.500. The number of benzene rings is 1. The van der Waals surface area contributed by atoms with Gasteiger partial charge in [0, 0.05) is 16.1 Å². The fourth-order valence-corrected chi connectivity index (χ4v) is 2.43. The van der Waals surface area contributed by atoms with Crippen LogP contribution in [0.15, 0.2) is 29.8 Å². The maximum atomic E-state index is 6.10. The normalized spacial score (nSPS) is 20.5.